The van der Waals surface area contributed by atoms with Crippen molar-refractivity contribution < 1.29 is 20.4 Å². The van der Waals surface area contributed by atoms with Crippen LogP contribution in [-0.2, 0) is 4.94 Å². The van der Waals surface area contributed by atoms with Crippen molar-refractivity contribution in [2.45, 2.75) is 13.3 Å². The molecule has 0 aromatic heterocycles. The molecule has 0 bridgehead atoms. The van der Waals surface area contributed by atoms with Crippen molar-refractivity contribution in [2.75, 3.05) is 19.8 Å². The predicted octanol–water partition coefficient (Wildman–Crippen LogP) is -1.86. The lowest BCUT2D eigenvalue weighted by Gasteiger charge is -2.17. The maximum Gasteiger partial charge on any atom is 0.189 e. The first-order valence-corrected chi connectivity index (χ1v) is 4.12. The van der Waals surface area contributed by atoms with Crippen molar-refractivity contribution in [3.63, 3.8) is 0 Å². The Labute approximate surface area is 76.1 Å². The molecule has 1 heterocycles. The zero-order chi connectivity index (χ0) is 9.84. The van der Waals surface area contributed by atoms with E-state index in [4.69, 9.17) is 15.2 Å². The third kappa shape index (κ3) is 2.17. The van der Waals surface area contributed by atoms with Gasteiger partial charge in [0.15, 0.2) is 5.70 Å². The molecule has 0 amide bonds. The van der Waals surface area contributed by atoms with Crippen LogP contribution in [0.25, 0.3) is 0 Å². The minimum absolute atomic E-state index is 0.0514. The van der Waals surface area contributed by atoms with Gasteiger partial charge < -0.3 is 15.4 Å². The van der Waals surface area contributed by atoms with Gasteiger partial charge in [-0.05, 0) is 13.3 Å². The fraction of sp³-hybridized carbons (Fsp3) is 0.714. The van der Waals surface area contributed by atoms with Crippen LogP contribution in [0.4, 0.5) is 0 Å². The Morgan fingerprint density at radius 3 is 2.69 bits per heavy atom. The van der Waals surface area contributed by atoms with Crippen LogP contribution in [-0.4, -0.2) is 35.0 Å². The van der Waals surface area contributed by atoms with Crippen molar-refractivity contribution >= 4 is 0 Å². The summed E-state index contributed by atoms with van der Waals surface area (Å²) in [6.07, 6.45) is 0.531. The molecule has 1 rings (SSSR count). The lowest BCUT2D eigenvalue weighted by Crippen LogP contribution is -3.03. The van der Waals surface area contributed by atoms with E-state index in [2.05, 4.69) is 0 Å². The van der Waals surface area contributed by atoms with Gasteiger partial charge in [-0.25, -0.2) is 0 Å². The number of nitrogens with zero attached hydrogens (tertiary/aromatic N) is 1. The molecule has 0 saturated carbocycles. The highest BCUT2D eigenvalue weighted by molar-refractivity contribution is 5.03. The highest BCUT2D eigenvalue weighted by Crippen LogP contribution is 2.10. The van der Waals surface area contributed by atoms with E-state index < -0.39 is 5.23 Å². The van der Waals surface area contributed by atoms with Gasteiger partial charge in [-0.2, -0.15) is 10.3 Å². The fourth-order valence-corrected chi connectivity index (χ4v) is 1.13. The van der Waals surface area contributed by atoms with Gasteiger partial charge in [-0.15, -0.1) is 0 Å². The molecule has 0 aromatic rings. The summed E-state index contributed by atoms with van der Waals surface area (Å²) in [5, 5.41) is 29.3. The van der Waals surface area contributed by atoms with E-state index in [1.54, 1.807) is 6.92 Å². The number of aliphatic hydroxyl groups is 2. The Morgan fingerprint density at radius 2 is 2.23 bits per heavy atom. The Balaban J connectivity index is 2.56. The molecule has 6 heteroatoms. The SMILES string of the molecule is CC1=C(CO)[NH+]([O-])ON1CCCO. The van der Waals surface area contributed by atoms with Crippen LogP contribution in [0.15, 0.2) is 11.4 Å². The van der Waals surface area contributed by atoms with E-state index in [1.807, 2.05) is 0 Å². The molecule has 1 aliphatic rings. The van der Waals surface area contributed by atoms with E-state index in [9.17, 15) is 5.21 Å². The lowest BCUT2D eigenvalue weighted by atomic mass is 10.3. The molecule has 1 atom stereocenters. The molecule has 0 radical (unpaired) electrons. The van der Waals surface area contributed by atoms with E-state index in [0.717, 1.165) is 0 Å². The van der Waals surface area contributed by atoms with Crippen LogP contribution >= 0.6 is 0 Å². The highest BCUT2D eigenvalue weighted by atomic mass is 17.0. The number of aliphatic hydroxyl groups excluding tert-OH is 2. The van der Waals surface area contributed by atoms with Crippen LogP contribution < -0.4 is 5.23 Å². The summed E-state index contributed by atoms with van der Waals surface area (Å²) in [7, 11) is 0. The number of rotatable bonds is 4. The van der Waals surface area contributed by atoms with Gasteiger partial charge in [0, 0.05) is 6.61 Å². The Morgan fingerprint density at radius 1 is 1.54 bits per heavy atom. The molecule has 0 fully saturated rings. The molecule has 0 aromatic carbocycles. The molecule has 13 heavy (non-hydrogen) atoms. The predicted molar refractivity (Wildman–Crippen MR) is 43.6 cm³/mol. The van der Waals surface area contributed by atoms with Crippen LogP contribution in [0.3, 0.4) is 0 Å². The minimum atomic E-state index is -0.502. The van der Waals surface area contributed by atoms with Gasteiger partial charge in [0.25, 0.3) is 0 Å². The first-order chi connectivity index (χ1) is 6.20. The summed E-state index contributed by atoms with van der Waals surface area (Å²) >= 11 is 0. The highest BCUT2D eigenvalue weighted by Gasteiger charge is 2.27. The van der Waals surface area contributed by atoms with Crippen molar-refractivity contribution in [3.05, 3.63) is 16.6 Å². The topological polar surface area (TPSA) is 80.4 Å². The third-order valence-electron chi connectivity index (χ3n) is 1.93. The number of quaternary nitrogens is 1. The van der Waals surface area contributed by atoms with E-state index in [-0.39, 0.29) is 18.9 Å². The molecule has 1 aliphatic heterocycles. The van der Waals surface area contributed by atoms with Crippen LogP contribution in [0.1, 0.15) is 13.3 Å². The van der Waals surface area contributed by atoms with Gasteiger partial charge in [-0.1, -0.05) is 4.94 Å². The molecule has 0 aliphatic carbocycles. The number of allylic oxidation sites excluding steroid dienone is 1. The first kappa shape index (κ1) is 10.4. The normalized spacial score (nSPS) is 23.1. The average Bonchev–Trinajstić information content (AvgIpc) is 2.38. The van der Waals surface area contributed by atoms with Crippen molar-refractivity contribution in [2.24, 2.45) is 0 Å². The lowest BCUT2D eigenvalue weighted by molar-refractivity contribution is -1.04. The summed E-state index contributed by atoms with van der Waals surface area (Å²) in [6.45, 7) is 1.90. The van der Waals surface area contributed by atoms with E-state index in [1.165, 1.54) is 5.06 Å². The smallest absolute Gasteiger partial charge is 0.189 e. The Bertz CT molecular complexity index is 207. The van der Waals surface area contributed by atoms with Gasteiger partial charge >= 0.3 is 0 Å². The molecule has 1 unspecified atom stereocenters. The van der Waals surface area contributed by atoms with Gasteiger partial charge in [0.2, 0.25) is 0 Å². The average molecular weight is 190 g/mol. The van der Waals surface area contributed by atoms with Gasteiger partial charge in [-0.3, -0.25) is 0 Å². The molecule has 6 nitrogen and oxygen atoms in total. The molecule has 76 valence electrons. The van der Waals surface area contributed by atoms with Gasteiger partial charge in [0.05, 0.1) is 6.54 Å². The second-order valence-corrected chi connectivity index (χ2v) is 2.78. The summed E-state index contributed by atoms with van der Waals surface area (Å²) in [5.74, 6) is 0. The Kier molecular flexibility index (Phi) is 3.64. The first-order valence-electron chi connectivity index (χ1n) is 4.12. The molecular formula is C7H14N2O4. The molecule has 0 saturated heterocycles. The number of nitrogens with one attached hydrogen (secondary N) is 1. The summed E-state index contributed by atoms with van der Waals surface area (Å²) in [6, 6.07) is 0. The van der Waals surface area contributed by atoms with E-state index >= 15 is 0 Å². The number of hydrogen-bond acceptors (Lipinski definition) is 5. The summed E-state index contributed by atoms with van der Waals surface area (Å²) in [5.41, 5.74) is 0.916. The standard InChI is InChI=1S/C7H14N2O4/c1-6-7(5-11)9(12)13-8(6)3-2-4-10/h9-11H,2-5H2,1H3. The summed E-state index contributed by atoms with van der Waals surface area (Å²) < 4.78 is 0. The zero-order valence-corrected chi connectivity index (χ0v) is 7.49. The maximum absolute atomic E-state index is 11.0. The molecule has 0 spiro atoms. The summed E-state index contributed by atoms with van der Waals surface area (Å²) in [4.78, 5) is 4.83. The van der Waals surface area contributed by atoms with Crippen molar-refractivity contribution in [1.29, 1.82) is 0 Å². The monoisotopic (exact) mass is 190 g/mol. The van der Waals surface area contributed by atoms with E-state index in [0.29, 0.717) is 18.7 Å². The van der Waals surface area contributed by atoms with Crippen LogP contribution in [0.5, 0.6) is 0 Å². The maximum atomic E-state index is 11.0. The second-order valence-electron chi connectivity index (χ2n) is 2.78. The Hall–Kier alpha value is -0.660. The zero-order valence-electron chi connectivity index (χ0n) is 7.49. The quantitative estimate of drug-likeness (QED) is 0.453. The van der Waals surface area contributed by atoms with Gasteiger partial charge in [0.1, 0.15) is 12.3 Å². The number of hydroxylamine groups is 4. The second kappa shape index (κ2) is 4.54. The third-order valence-corrected chi connectivity index (χ3v) is 1.93. The molecule has 3 N–H and O–H groups in total. The fourth-order valence-electron chi connectivity index (χ4n) is 1.13. The van der Waals surface area contributed by atoms with Crippen LogP contribution in [0.2, 0.25) is 0 Å². The molecular weight excluding hydrogens is 176 g/mol. The van der Waals surface area contributed by atoms with Crippen molar-refractivity contribution in [3.8, 4) is 0 Å². The largest absolute Gasteiger partial charge is 0.593 e. The van der Waals surface area contributed by atoms with Crippen LogP contribution in [0, 0.1) is 5.21 Å². The van der Waals surface area contributed by atoms with Crippen molar-refractivity contribution in [1.82, 2.24) is 5.06 Å². The number of hydrogen-bond donors (Lipinski definition) is 3. The minimum Gasteiger partial charge on any atom is -0.593 e.